The molecule has 0 spiro atoms. The summed E-state index contributed by atoms with van der Waals surface area (Å²) in [7, 11) is 0. The molecule has 0 amide bonds. The Morgan fingerprint density at radius 1 is 0.721 bits per heavy atom. The van der Waals surface area contributed by atoms with E-state index in [4.69, 9.17) is 7.81 Å². The Labute approximate surface area is 271 Å². The van der Waals surface area contributed by atoms with E-state index in [-0.39, 0.29) is 12.1 Å². The molecule has 0 bridgehead atoms. The standard InChI is InChI=1S/C25H40N3O2.3C4H9.Sn/c1-2-3-4-5-6-7-8-9-10-11-12-13-17-20-25(24(21-29)27-28-26)30-22-23-18-15-14-16-19-23;3*1-3-4-2;/h14-20,24-25H,2-13,21-22H2,1H3;3*1,3-4H2,2H3;/q-1;;;;+1/t24-,25-;;;;/m1..../s1. The van der Waals surface area contributed by atoms with Crippen molar-refractivity contribution < 1.29 is 7.81 Å². The second kappa shape index (κ2) is 28.5. The van der Waals surface area contributed by atoms with E-state index in [1.54, 1.807) is 0 Å². The molecule has 0 saturated carbocycles. The SMILES string of the molecule is CCCCCCCCCCCCCC=C[C@@H](OCc1ccccc1)[C@@H](C[O][Sn]([CH2]CCC)([CH2]CCC)[CH2]CCC)N=[N+]=[N-]. The van der Waals surface area contributed by atoms with Crippen LogP contribution in [0.25, 0.3) is 10.4 Å². The third-order valence-corrected chi connectivity index (χ3v) is 21.7. The van der Waals surface area contributed by atoms with Gasteiger partial charge in [0.05, 0.1) is 0 Å². The molecule has 0 N–H and O–H groups in total. The molecule has 1 aromatic carbocycles. The quantitative estimate of drug-likeness (QED) is 0.0200. The molecule has 0 aliphatic heterocycles. The summed E-state index contributed by atoms with van der Waals surface area (Å²) >= 11 is -2.83. The summed E-state index contributed by atoms with van der Waals surface area (Å²) in [6.45, 7) is 10.1. The van der Waals surface area contributed by atoms with Gasteiger partial charge in [-0.3, -0.25) is 0 Å². The molecular formula is C37H67N3O2Sn. The van der Waals surface area contributed by atoms with Gasteiger partial charge in [-0.05, 0) is 0 Å². The van der Waals surface area contributed by atoms with Crippen molar-refractivity contribution in [1.82, 2.24) is 0 Å². The third kappa shape index (κ3) is 20.6. The zero-order valence-corrected chi connectivity index (χ0v) is 31.5. The maximum absolute atomic E-state index is 9.55. The van der Waals surface area contributed by atoms with Gasteiger partial charge in [-0.25, -0.2) is 0 Å². The molecule has 43 heavy (non-hydrogen) atoms. The molecule has 0 aliphatic rings. The topological polar surface area (TPSA) is 67.2 Å². The minimum atomic E-state index is -2.83. The van der Waals surface area contributed by atoms with Gasteiger partial charge in [-0.2, -0.15) is 0 Å². The van der Waals surface area contributed by atoms with Crippen molar-refractivity contribution in [2.45, 2.75) is 175 Å². The number of hydrogen-bond acceptors (Lipinski definition) is 3. The number of hydrogen-bond donors (Lipinski definition) is 0. The van der Waals surface area contributed by atoms with Crippen LogP contribution in [0.15, 0.2) is 47.6 Å². The predicted octanol–water partition coefficient (Wildman–Crippen LogP) is 12.9. The summed E-state index contributed by atoms with van der Waals surface area (Å²) < 4.78 is 17.3. The number of unbranched alkanes of at least 4 members (excludes halogenated alkanes) is 14. The van der Waals surface area contributed by atoms with Crippen molar-refractivity contribution in [2.75, 3.05) is 6.61 Å². The van der Waals surface area contributed by atoms with Gasteiger partial charge in [0.25, 0.3) is 0 Å². The first kappa shape index (κ1) is 40.0. The fourth-order valence-electron chi connectivity index (χ4n) is 5.83. The van der Waals surface area contributed by atoms with Crippen LogP contribution in [0.3, 0.4) is 0 Å². The van der Waals surface area contributed by atoms with Crippen molar-refractivity contribution in [3.05, 3.63) is 58.5 Å². The number of rotatable bonds is 30. The summed E-state index contributed by atoms with van der Waals surface area (Å²) in [4.78, 5) is 3.27. The van der Waals surface area contributed by atoms with Crippen LogP contribution < -0.4 is 0 Å². The van der Waals surface area contributed by atoms with Crippen molar-refractivity contribution in [1.29, 1.82) is 0 Å². The fourth-order valence-corrected chi connectivity index (χ4v) is 19.2. The van der Waals surface area contributed by atoms with Crippen LogP contribution in [-0.2, 0) is 14.4 Å². The molecule has 5 nitrogen and oxygen atoms in total. The molecule has 0 radical (unpaired) electrons. The molecule has 0 saturated heterocycles. The van der Waals surface area contributed by atoms with E-state index in [0.717, 1.165) is 12.0 Å². The van der Waals surface area contributed by atoms with Crippen LogP contribution >= 0.6 is 0 Å². The second-order valence-corrected chi connectivity index (χ2v) is 24.4. The summed E-state index contributed by atoms with van der Waals surface area (Å²) in [5.41, 5.74) is 10.7. The summed E-state index contributed by atoms with van der Waals surface area (Å²) in [6.07, 6.45) is 27.5. The van der Waals surface area contributed by atoms with Gasteiger partial charge in [0.2, 0.25) is 0 Å². The molecule has 0 aliphatic carbocycles. The van der Waals surface area contributed by atoms with Gasteiger partial charge in [0, 0.05) is 0 Å². The average molecular weight is 705 g/mol. The van der Waals surface area contributed by atoms with Crippen LogP contribution in [-0.4, -0.2) is 37.5 Å². The number of ether oxygens (including phenoxy) is 1. The van der Waals surface area contributed by atoms with Crippen molar-refractivity contribution in [2.24, 2.45) is 5.11 Å². The molecule has 246 valence electrons. The molecule has 0 aromatic heterocycles. The van der Waals surface area contributed by atoms with E-state index >= 15 is 0 Å². The van der Waals surface area contributed by atoms with Gasteiger partial charge in [0.15, 0.2) is 0 Å². The van der Waals surface area contributed by atoms with Crippen LogP contribution in [0.5, 0.6) is 0 Å². The fraction of sp³-hybridized carbons (Fsp3) is 0.784. The van der Waals surface area contributed by atoms with Crippen LogP contribution in [0.2, 0.25) is 13.3 Å². The van der Waals surface area contributed by atoms with E-state index in [9.17, 15) is 5.53 Å². The Morgan fingerprint density at radius 2 is 1.23 bits per heavy atom. The van der Waals surface area contributed by atoms with E-state index in [0.29, 0.717) is 13.2 Å². The minimum absolute atomic E-state index is 0.281. The third-order valence-electron chi connectivity index (χ3n) is 8.68. The molecule has 0 fully saturated rings. The normalized spacial score (nSPS) is 13.3. The van der Waals surface area contributed by atoms with E-state index in [2.05, 4.69) is 62.0 Å². The van der Waals surface area contributed by atoms with E-state index in [1.165, 1.54) is 122 Å². The van der Waals surface area contributed by atoms with E-state index < -0.39 is 18.8 Å². The Balaban J connectivity index is 2.78. The van der Waals surface area contributed by atoms with Gasteiger partial charge in [-0.15, -0.1) is 0 Å². The average Bonchev–Trinajstić information content (AvgIpc) is 3.04. The Hall–Kier alpha value is -1.01. The maximum atomic E-state index is 9.55. The second-order valence-electron chi connectivity index (χ2n) is 12.6. The molecule has 6 heteroatoms. The van der Waals surface area contributed by atoms with Crippen LogP contribution in [0.1, 0.15) is 149 Å². The molecule has 1 rings (SSSR count). The van der Waals surface area contributed by atoms with Gasteiger partial charge in [0.1, 0.15) is 0 Å². The molecular weight excluding hydrogens is 637 g/mol. The zero-order chi connectivity index (χ0) is 31.3. The van der Waals surface area contributed by atoms with Crippen molar-refractivity contribution in [3.63, 3.8) is 0 Å². The Kier molecular flexibility index (Phi) is 26.5. The molecule has 2 atom stereocenters. The molecule has 1 aromatic rings. The number of benzene rings is 1. The number of allylic oxidation sites excluding steroid dienone is 1. The predicted molar refractivity (Wildman–Crippen MR) is 189 cm³/mol. The van der Waals surface area contributed by atoms with Gasteiger partial charge in [-0.1, -0.05) is 45.4 Å². The van der Waals surface area contributed by atoms with Crippen molar-refractivity contribution >= 4 is 18.8 Å². The van der Waals surface area contributed by atoms with Gasteiger partial charge >= 0.3 is 227 Å². The monoisotopic (exact) mass is 705 g/mol. The first-order valence-corrected chi connectivity index (χ1v) is 25.4. The summed E-state index contributed by atoms with van der Waals surface area (Å²) in [6, 6.07) is 9.95. The zero-order valence-electron chi connectivity index (χ0n) is 28.6. The number of azide groups is 1. The Bertz CT molecular complexity index is 807. The molecule has 0 heterocycles. The van der Waals surface area contributed by atoms with Gasteiger partial charge < -0.3 is 0 Å². The first-order chi connectivity index (χ1) is 21.1. The van der Waals surface area contributed by atoms with Crippen LogP contribution in [0.4, 0.5) is 0 Å². The van der Waals surface area contributed by atoms with Crippen LogP contribution in [0, 0.1) is 0 Å². The summed E-state index contributed by atoms with van der Waals surface area (Å²) in [5, 5.41) is 4.27. The Morgan fingerprint density at radius 3 is 1.74 bits per heavy atom. The first-order valence-electron chi connectivity index (χ1n) is 18.1. The molecule has 0 unspecified atom stereocenters. The summed E-state index contributed by atoms with van der Waals surface area (Å²) in [5.74, 6) is 0. The van der Waals surface area contributed by atoms with E-state index in [1.807, 2.05) is 18.2 Å². The van der Waals surface area contributed by atoms with Crippen molar-refractivity contribution in [3.8, 4) is 0 Å². The number of nitrogens with zero attached hydrogens (tertiary/aromatic N) is 3.